The molecule has 0 aromatic heterocycles. The van der Waals surface area contributed by atoms with E-state index >= 15 is 0 Å². The summed E-state index contributed by atoms with van der Waals surface area (Å²) < 4.78 is 1.05. The van der Waals surface area contributed by atoms with E-state index in [9.17, 15) is 15.0 Å². The molecular weight excluding hydrogens is 369 g/mol. The van der Waals surface area contributed by atoms with Crippen molar-refractivity contribution >= 4 is 28.7 Å². The van der Waals surface area contributed by atoms with Crippen molar-refractivity contribution in [3.63, 3.8) is 0 Å². The van der Waals surface area contributed by atoms with Crippen molar-refractivity contribution in [2.24, 2.45) is 5.92 Å². The maximum Gasteiger partial charge on any atom is 0.408 e. The minimum absolute atomic E-state index is 0.0524. The molecule has 20 heavy (non-hydrogen) atoms. The van der Waals surface area contributed by atoms with E-state index in [4.69, 9.17) is 0 Å². The zero-order valence-electron chi connectivity index (χ0n) is 12.1. The molecule has 5 heteroatoms. The topological polar surface area (TPSA) is 60.8 Å². The van der Waals surface area contributed by atoms with Gasteiger partial charge in [0.2, 0.25) is 0 Å². The third-order valence-corrected chi connectivity index (χ3v) is 4.30. The van der Waals surface area contributed by atoms with Gasteiger partial charge in [0, 0.05) is 16.2 Å². The number of aliphatic hydroxyl groups is 1. The van der Waals surface area contributed by atoms with Gasteiger partial charge in [0.1, 0.15) is 0 Å². The summed E-state index contributed by atoms with van der Waals surface area (Å²) in [5.41, 5.74) is 1.00. The van der Waals surface area contributed by atoms with Crippen LogP contribution in [0.5, 0.6) is 0 Å². The van der Waals surface area contributed by atoms with Crippen LogP contribution in [0.3, 0.4) is 0 Å². The normalized spacial score (nSPS) is 14.1. The van der Waals surface area contributed by atoms with Gasteiger partial charge in [-0.3, -0.25) is 4.90 Å². The third kappa shape index (κ3) is 4.34. The van der Waals surface area contributed by atoms with Gasteiger partial charge in [0.25, 0.3) is 0 Å². The van der Waals surface area contributed by atoms with Gasteiger partial charge in [-0.05, 0) is 60.4 Å². The van der Waals surface area contributed by atoms with Crippen LogP contribution in [0.4, 0.5) is 4.79 Å². The molecule has 0 saturated carbocycles. The number of rotatable bonds is 6. The highest BCUT2D eigenvalue weighted by Gasteiger charge is 2.29. The summed E-state index contributed by atoms with van der Waals surface area (Å²) in [6.07, 6.45) is -0.309. The summed E-state index contributed by atoms with van der Waals surface area (Å²) in [5, 5.41) is 18.8. The summed E-state index contributed by atoms with van der Waals surface area (Å²) >= 11 is 2.23. The Kier molecular flexibility index (Phi) is 6.75. The number of aliphatic hydroxyl groups excluding tert-OH is 1. The summed E-state index contributed by atoms with van der Waals surface area (Å²) in [7, 11) is 0. The molecule has 0 heterocycles. The van der Waals surface area contributed by atoms with Crippen LogP contribution in [0, 0.1) is 9.49 Å². The molecular formula is C15H22INO3. The Balaban J connectivity index is 3.20. The standard InChI is InChI=1S/C15H22INO3/c1-10(2)17(15(19)20)14(8-11(3)9-18)12-6-4-5-7-13(12)16/h4-7,10-11,14,18H,8-9H2,1-3H3,(H,19,20)/t11-,14-/m0/s1. The molecule has 112 valence electrons. The van der Waals surface area contributed by atoms with Gasteiger partial charge < -0.3 is 10.2 Å². The van der Waals surface area contributed by atoms with E-state index in [-0.39, 0.29) is 24.6 Å². The minimum atomic E-state index is -0.921. The van der Waals surface area contributed by atoms with Crippen LogP contribution in [0.25, 0.3) is 0 Å². The Bertz CT molecular complexity index is 450. The maximum atomic E-state index is 11.6. The molecule has 0 aliphatic carbocycles. The number of hydrogen-bond acceptors (Lipinski definition) is 2. The molecule has 1 rings (SSSR count). The summed E-state index contributed by atoms with van der Waals surface area (Å²) in [4.78, 5) is 13.1. The van der Waals surface area contributed by atoms with E-state index < -0.39 is 6.09 Å². The first kappa shape index (κ1) is 17.2. The Morgan fingerprint density at radius 2 is 1.90 bits per heavy atom. The molecule has 0 radical (unpaired) electrons. The fraction of sp³-hybridized carbons (Fsp3) is 0.533. The quantitative estimate of drug-likeness (QED) is 0.727. The smallest absolute Gasteiger partial charge is 0.408 e. The number of halogens is 1. The van der Waals surface area contributed by atoms with E-state index in [2.05, 4.69) is 22.6 Å². The van der Waals surface area contributed by atoms with E-state index in [0.717, 1.165) is 9.13 Å². The Morgan fingerprint density at radius 1 is 1.30 bits per heavy atom. The fourth-order valence-corrected chi connectivity index (χ4v) is 3.05. The largest absolute Gasteiger partial charge is 0.465 e. The Labute approximate surface area is 133 Å². The lowest BCUT2D eigenvalue weighted by Crippen LogP contribution is -2.40. The molecule has 0 aliphatic rings. The molecule has 1 aromatic carbocycles. The van der Waals surface area contributed by atoms with Crippen molar-refractivity contribution < 1.29 is 15.0 Å². The van der Waals surface area contributed by atoms with Crippen LogP contribution >= 0.6 is 22.6 Å². The highest BCUT2D eigenvalue weighted by atomic mass is 127. The lowest BCUT2D eigenvalue weighted by molar-refractivity contribution is 0.0920. The van der Waals surface area contributed by atoms with Crippen molar-refractivity contribution in [1.82, 2.24) is 4.90 Å². The van der Waals surface area contributed by atoms with Gasteiger partial charge in [0.15, 0.2) is 0 Å². The second kappa shape index (κ2) is 7.83. The fourth-order valence-electron chi connectivity index (χ4n) is 2.31. The van der Waals surface area contributed by atoms with Crippen LogP contribution in [0.2, 0.25) is 0 Å². The Morgan fingerprint density at radius 3 is 2.35 bits per heavy atom. The molecule has 0 saturated heterocycles. The first-order valence-corrected chi connectivity index (χ1v) is 7.82. The number of carbonyl (C=O) groups is 1. The van der Waals surface area contributed by atoms with Gasteiger partial charge >= 0.3 is 6.09 Å². The summed E-state index contributed by atoms with van der Waals surface area (Å²) in [6.45, 7) is 5.75. The highest BCUT2D eigenvalue weighted by Crippen LogP contribution is 2.32. The van der Waals surface area contributed by atoms with Crippen LogP contribution in [-0.2, 0) is 0 Å². The first-order valence-electron chi connectivity index (χ1n) is 6.75. The van der Waals surface area contributed by atoms with Crippen molar-refractivity contribution in [3.8, 4) is 0 Å². The second-order valence-corrected chi connectivity index (χ2v) is 6.51. The van der Waals surface area contributed by atoms with Crippen LogP contribution in [0.1, 0.15) is 38.8 Å². The molecule has 0 bridgehead atoms. The number of benzene rings is 1. The van der Waals surface area contributed by atoms with Crippen molar-refractivity contribution in [2.75, 3.05) is 6.61 Å². The van der Waals surface area contributed by atoms with Crippen LogP contribution in [-0.4, -0.2) is 33.9 Å². The zero-order valence-corrected chi connectivity index (χ0v) is 14.2. The second-order valence-electron chi connectivity index (χ2n) is 5.34. The van der Waals surface area contributed by atoms with Crippen molar-refractivity contribution in [1.29, 1.82) is 0 Å². The van der Waals surface area contributed by atoms with E-state index in [1.165, 1.54) is 4.90 Å². The van der Waals surface area contributed by atoms with Gasteiger partial charge in [-0.25, -0.2) is 4.79 Å². The molecule has 2 atom stereocenters. The average molecular weight is 391 g/mol. The highest BCUT2D eigenvalue weighted by molar-refractivity contribution is 14.1. The summed E-state index contributed by atoms with van der Waals surface area (Å²) in [5.74, 6) is 0.0524. The van der Waals surface area contributed by atoms with E-state index in [1.807, 2.05) is 45.0 Å². The predicted octanol–water partition coefficient (Wildman–Crippen LogP) is 3.74. The number of amides is 1. The van der Waals surface area contributed by atoms with Crippen LogP contribution in [0.15, 0.2) is 24.3 Å². The van der Waals surface area contributed by atoms with Gasteiger partial charge in [0.05, 0.1) is 6.04 Å². The van der Waals surface area contributed by atoms with Crippen molar-refractivity contribution in [2.45, 2.75) is 39.3 Å². The monoisotopic (exact) mass is 391 g/mol. The SMILES string of the molecule is CC(C)N(C(=O)O)[C@@H](C[C@H](C)CO)c1ccccc1I. The lowest BCUT2D eigenvalue weighted by Gasteiger charge is -2.35. The van der Waals surface area contributed by atoms with E-state index in [1.54, 1.807) is 0 Å². The van der Waals surface area contributed by atoms with Crippen LogP contribution < -0.4 is 0 Å². The minimum Gasteiger partial charge on any atom is -0.465 e. The molecule has 4 nitrogen and oxygen atoms in total. The van der Waals surface area contributed by atoms with Gasteiger partial charge in [-0.1, -0.05) is 25.1 Å². The zero-order chi connectivity index (χ0) is 15.3. The van der Waals surface area contributed by atoms with Gasteiger partial charge in [-0.15, -0.1) is 0 Å². The molecule has 0 fully saturated rings. The molecule has 0 aliphatic heterocycles. The number of carboxylic acid groups (broad SMARTS) is 1. The molecule has 0 unspecified atom stereocenters. The first-order chi connectivity index (χ1) is 9.38. The molecule has 1 aromatic rings. The molecule has 2 N–H and O–H groups in total. The van der Waals surface area contributed by atoms with E-state index in [0.29, 0.717) is 6.42 Å². The van der Waals surface area contributed by atoms with Gasteiger partial charge in [-0.2, -0.15) is 0 Å². The summed E-state index contributed by atoms with van der Waals surface area (Å²) in [6, 6.07) is 7.47. The Hall–Kier alpha value is -0.820. The number of hydrogen-bond donors (Lipinski definition) is 2. The maximum absolute atomic E-state index is 11.6. The predicted molar refractivity (Wildman–Crippen MR) is 87.8 cm³/mol. The third-order valence-electron chi connectivity index (χ3n) is 3.31. The lowest BCUT2D eigenvalue weighted by atomic mass is 9.94. The molecule has 0 spiro atoms. The average Bonchev–Trinajstić information content (AvgIpc) is 2.37. The number of nitrogens with zero attached hydrogens (tertiary/aromatic N) is 1. The van der Waals surface area contributed by atoms with Crippen molar-refractivity contribution in [3.05, 3.63) is 33.4 Å². The molecule has 1 amide bonds.